The molecular formula is C21H23F3N2O4S. The van der Waals surface area contributed by atoms with Gasteiger partial charge in [0.1, 0.15) is 11.8 Å². The maximum atomic E-state index is 13.0. The summed E-state index contributed by atoms with van der Waals surface area (Å²) >= 11 is 0. The number of nitrogens with one attached hydrogen (secondary N) is 1. The maximum Gasteiger partial charge on any atom is 0.422 e. The molecule has 0 bridgehead atoms. The Morgan fingerprint density at radius 3 is 2.39 bits per heavy atom. The van der Waals surface area contributed by atoms with Crippen LogP contribution in [0.1, 0.15) is 24.8 Å². The third-order valence-electron chi connectivity index (χ3n) is 4.90. The minimum Gasteiger partial charge on any atom is -0.484 e. The first-order chi connectivity index (χ1) is 14.7. The SMILES string of the molecule is O=C(NCc1ccc(OCC(F)(F)F)cc1)C1CCCCN1S(=O)(=O)c1ccccc1. The van der Waals surface area contributed by atoms with Gasteiger partial charge in [-0.25, -0.2) is 8.42 Å². The van der Waals surface area contributed by atoms with Gasteiger partial charge in [-0.05, 0) is 42.7 Å². The van der Waals surface area contributed by atoms with Crippen LogP contribution < -0.4 is 10.1 Å². The third kappa shape index (κ3) is 6.20. The topological polar surface area (TPSA) is 75.7 Å². The second-order valence-corrected chi connectivity index (χ2v) is 9.10. The number of benzene rings is 2. The fourth-order valence-electron chi connectivity index (χ4n) is 3.36. The van der Waals surface area contributed by atoms with Crippen molar-refractivity contribution in [3.63, 3.8) is 0 Å². The van der Waals surface area contributed by atoms with Crippen LogP contribution in [0.25, 0.3) is 0 Å². The van der Waals surface area contributed by atoms with Gasteiger partial charge in [-0.1, -0.05) is 36.8 Å². The highest BCUT2D eigenvalue weighted by Gasteiger charge is 2.37. The number of ether oxygens (including phenoxy) is 1. The Balaban J connectivity index is 1.62. The van der Waals surface area contributed by atoms with E-state index in [4.69, 9.17) is 0 Å². The third-order valence-corrected chi connectivity index (χ3v) is 6.82. The van der Waals surface area contributed by atoms with Crippen molar-refractivity contribution in [2.45, 2.75) is 42.9 Å². The Labute approximate surface area is 179 Å². The molecule has 10 heteroatoms. The predicted octanol–water partition coefficient (Wildman–Crippen LogP) is 3.49. The summed E-state index contributed by atoms with van der Waals surface area (Å²) in [6, 6.07) is 13.0. The van der Waals surface area contributed by atoms with E-state index in [1.165, 1.54) is 28.6 Å². The molecule has 3 rings (SSSR count). The first-order valence-corrected chi connectivity index (χ1v) is 11.2. The molecule has 1 N–H and O–H groups in total. The Bertz CT molecular complexity index is 980. The average molecular weight is 456 g/mol. The van der Waals surface area contributed by atoms with Crippen molar-refractivity contribution in [1.82, 2.24) is 9.62 Å². The van der Waals surface area contributed by atoms with Gasteiger partial charge in [0.25, 0.3) is 0 Å². The number of piperidine rings is 1. The highest BCUT2D eigenvalue weighted by molar-refractivity contribution is 7.89. The molecule has 6 nitrogen and oxygen atoms in total. The quantitative estimate of drug-likeness (QED) is 0.692. The first-order valence-electron chi connectivity index (χ1n) is 9.80. The van der Waals surface area contributed by atoms with Crippen molar-refractivity contribution < 1.29 is 31.1 Å². The van der Waals surface area contributed by atoms with Gasteiger partial charge in [0.2, 0.25) is 15.9 Å². The number of carbonyl (C=O) groups is 1. The summed E-state index contributed by atoms with van der Waals surface area (Å²) in [7, 11) is -3.80. The van der Waals surface area contributed by atoms with Crippen molar-refractivity contribution in [2.24, 2.45) is 0 Å². The molecule has 0 aromatic heterocycles. The van der Waals surface area contributed by atoms with Crippen molar-refractivity contribution in [3.8, 4) is 5.75 Å². The summed E-state index contributed by atoms with van der Waals surface area (Å²) in [5.41, 5.74) is 0.654. The number of alkyl halides is 3. The molecule has 1 saturated heterocycles. The number of rotatable bonds is 7. The zero-order valence-corrected chi connectivity index (χ0v) is 17.5. The molecule has 2 aromatic carbocycles. The van der Waals surface area contributed by atoms with Crippen molar-refractivity contribution in [3.05, 3.63) is 60.2 Å². The van der Waals surface area contributed by atoms with Crippen LogP contribution in [0, 0.1) is 0 Å². The Morgan fingerprint density at radius 1 is 1.06 bits per heavy atom. The summed E-state index contributed by atoms with van der Waals surface area (Å²) in [5.74, 6) is -0.337. The highest BCUT2D eigenvalue weighted by atomic mass is 32.2. The lowest BCUT2D eigenvalue weighted by atomic mass is 10.0. The summed E-state index contributed by atoms with van der Waals surface area (Å²) in [6.45, 7) is -0.995. The number of sulfonamides is 1. The first kappa shape index (κ1) is 23.1. The zero-order valence-electron chi connectivity index (χ0n) is 16.6. The van der Waals surface area contributed by atoms with E-state index in [1.807, 2.05) is 0 Å². The fraction of sp³-hybridized carbons (Fsp3) is 0.381. The lowest BCUT2D eigenvalue weighted by molar-refractivity contribution is -0.153. The molecule has 1 heterocycles. The molecule has 0 radical (unpaired) electrons. The van der Waals surface area contributed by atoms with Gasteiger partial charge in [0.15, 0.2) is 6.61 Å². The van der Waals surface area contributed by atoms with E-state index in [2.05, 4.69) is 10.1 Å². The molecule has 1 aliphatic heterocycles. The second kappa shape index (κ2) is 9.69. The molecule has 1 atom stereocenters. The number of hydrogen-bond acceptors (Lipinski definition) is 4. The monoisotopic (exact) mass is 456 g/mol. The van der Waals surface area contributed by atoms with Gasteiger partial charge in [0, 0.05) is 13.1 Å². The van der Waals surface area contributed by atoms with Crippen LogP contribution in [0.15, 0.2) is 59.5 Å². The molecule has 1 unspecified atom stereocenters. The molecular weight excluding hydrogens is 433 g/mol. The minimum atomic E-state index is -4.42. The number of halogens is 3. The maximum absolute atomic E-state index is 13.0. The van der Waals surface area contributed by atoms with E-state index in [9.17, 15) is 26.4 Å². The summed E-state index contributed by atoms with van der Waals surface area (Å²) < 4.78 is 68.5. The van der Waals surface area contributed by atoms with Crippen molar-refractivity contribution in [1.29, 1.82) is 0 Å². The predicted molar refractivity (Wildman–Crippen MR) is 108 cm³/mol. The molecule has 1 fully saturated rings. The highest BCUT2D eigenvalue weighted by Crippen LogP contribution is 2.25. The molecule has 1 amide bonds. The van der Waals surface area contributed by atoms with Gasteiger partial charge in [-0.3, -0.25) is 4.79 Å². The van der Waals surface area contributed by atoms with E-state index < -0.39 is 34.8 Å². The number of carbonyl (C=O) groups excluding carboxylic acids is 1. The van der Waals surface area contributed by atoms with E-state index in [-0.39, 0.29) is 23.7 Å². The number of amides is 1. The van der Waals surface area contributed by atoms with E-state index in [0.717, 1.165) is 6.42 Å². The van der Waals surface area contributed by atoms with Crippen LogP contribution in [-0.2, 0) is 21.4 Å². The molecule has 0 saturated carbocycles. The zero-order chi connectivity index (χ0) is 22.5. The van der Waals surface area contributed by atoms with Crippen molar-refractivity contribution >= 4 is 15.9 Å². The van der Waals surface area contributed by atoms with E-state index >= 15 is 0 Å². The molecule has 168 valence electrons. The summed E-state index contributed by atoms with van der Waals surface area (Å²) in [5, 5.41) is 2.73. The van der Waals surface area contributed by atoms with E-state index in [0.29, 0.717) is 18.4 Å². The van der Waals surface area contributed by atoms with Crippen LogP contribution in [0.2, 0.25) is 0 Å². The summed E-state index contributed by atoms with van der Waals surface area (Å²) in [4.78, 5) is 12.9. The van der Waals surface area contributed by atoms with Crippen LogP contribution in [0.3, 0.4) is 0 Å². The van der Waals surface area contributed by atoms with Gasteiger partial charge in [-0.2, -0.15) is 17.5 Å². The number of nitrogens with zero attached hydrogens (tertiary/aromatic N) is 1. The van der Waals surface area contributed by atoms with Crippen LogP contribution >= 0.6 is 0 Å². The Hall–Kier alpha value is -2.59. The van der Waals surface area contributed by atoms with Crippen LogP contribution in [-0.4, -0.2) is 44.0 Å². The Kier molecular flexibility index (Phi) is 7.22. The van der Waals surface area contributed by atoms with E-state index in [1.54, 1.807) is 30.3 Å². The normalized spacial score (nSPS) is 17.8. The van der Waals surface area contributed by atoms with Gasteiger partial charge in [-0.15, -0.1) is 0 Å². The van der Waals surface area contributed by atoms with Gasteiger partial charge < -0.3 is 10.1 Å². The Morgan fingerprint density at radius 2 is 1.74 bits per heavy atom. The smallest absolute Gasteiger partial charge is 0.422 e. The number of hydrogen-bond donors (Lipinski definition) is 1. The second-order valence-electron chi connectivity index (χ2n) is 7.21. The molecule has 0 aliphatic carbocycles. The minimum absolute atomic E-state index is 0.0693. The molecule has 0 spiro atoms. The molecule has 1 aliphatic rings. The average Bonchev–Trinajstić information content (AvgIpc) is 2.77. The summed E-state index contributed by atoms with van der Waals surface area (Å²) in [6.07, 6.45) is -2.58. The lowest BCUT2D eigenvalue weighted by Gasteiger charge is -2.33. The fourth-order valence-corrected chi connectivity index (χ4v) is 5.04. The largest absolute Gasteiger partial charge is 0.484 e. The molecule has 31 heavy (non-hydrogen) atoms. The molecule has 2 aromatic rings. The van der Waals surface area contributed by atoms with Crippen LogP contribution in [0.5, 0.6) is 5.75 Å². The van der Waals surface area contributed by atoms with Gasteiger partial charge in [0.05, 0.1) is 4.90 Å². The lowest BCUT2D eigenvalue weighted by Crippen LogP contribution is -2.51. The van der Waals surface area contributed by atoms with Gasteiger partial charge >= 0.3 is 6.18 Å². The van der Waals surface area contributed by atoms with Crippen LogP contribution in [0.4, 0.5) is 13.2 Å². The van der Waals surface area contributed by atoms with Crippen molar-refractivity contribution in [2.75, 3.05) is 13.2 Å². The standard InChI is InChI=1S/C21H23F3N2O4S/c22-21(23,24)15-30-17-11-9-16(10-12-17)14-25-20(27)19-8-4-5-13-26(19)31(28,29)18-6-2-1-3-7-18/h1-3,6-7,9-12,19H,4-5,8,13-15H2,(H,25,27).